The summed E-state index contributed by atoms with van der Waals surface area (Å²) in [5, 5.41) is 0. The van der Waals surface area contributed by atoms with Crippen molar-refractivity contribution in [2.45, 2.75) is 39.5 Å². The monoisotopic (exact) mass is 162 g/mol. The summed E-state index contributed by atoms with van der Waals surface area (Å²) in [4.78, 5) is 0. The minimum atomic E-state index is 0.766. The predicted molar refractivity (Wildman–Crippen MR) is 53.0 cm³/mol. The second-order valence-corrected chi connectivity index (χ2v) is 4.31. The number of allylic oxidation sites excluding steroid dienone is 4. The quantitative estimate of drug-likeness (QED) is 0.509. The van der Waals surface area contributed by atoms with Crippen LogP contribution in [-0.4, -0.2) is 0 Å². The largest absolute Gasteiger partial charge is 0.0776 e. The minimum Gasteiger partial charge on any atom is -0.0776 e. The van der Waals surface area contributed by atoms with Crippen LogP contribution < -0.4 is 0 Å². The third kappa shape index (κ3) is 1.35. The van der Waals surface area contributed by atoms with Gasteiger partial charge in [0.2, 0.25) is 0 Å². The van der Waals surface area contributed by atoms with Crippen LogP contribution in [0, 0.1) is 11.8 Å². The molecule has 0 heteroatoms. The second kappa shape index (κ2) is 3.08. The molecule has 12 heavy (non-hydrogen) atoms. The van der Waals surface area contributed by atoms with Crippen LogP contribution in [0.5, 0.6) is 0 Å². The average molecular weight is 162 g/mol. The van der Waals surface area contributed by atoms with Crippen LogP contribution in [0.2, 0.25) is 0 Å². The fraction of sp³-hybridized carbons (Fsp3) is 0.667. The SMILES string of the molecule is CC1C=C2CCCCC2=CC1C. The highest BCUT2D eigenvalue weighted by Gasteiger charge is 2.20. The Morgan fingerprint density at radius 2 is 1.33 bits per heavy atom. The molecule has 2 aliphatic rings. The average Bonchev–Trinajstić information content (AvgIpc) is 2.07. The molecular weight excluding hydrogens is 144 g/mol. The fourth-order valence-electron chi connectivity index (χ4n) is 2.27. The molecule has 0 aromatic heterocycles. The Bertz CT molecular complexity index is 206. The first-order valence-electron chi connectivity index (χ1n) is 5.19. The smallest absolute Gasteiger partial charge is 0.0195 e. The maximum atomic E-state index is 2.50. The summed E-state index contributed by atoms with van der Waals surface area (Å²) >= 11 is 0. The van der Waals surface area contributed by atoms with Crippen molar-refractivity contribution in [2.75, 3.05) is 0 Å². The molecule has 0 saturated heterocycles. The van der Waals surface area contributed by atoms with Crippen LogP contribution in [-0.2, 0) is 0 Å². The van der Waals surface area contributed by atoms with Gasteiger partial charge in [0.1, 0.15) is 0 Å². The molecule has 2 unspecified atom stereocenters. The molecule has 2 aliphatic carbocycles. The Morgan fingerprint density at radius 1 is 0.917 bits per heavy atom. The van der Waals surface area contributed by atoms with E-state index < -0.39 is 0 Å². The van der Waals surface area contributed by atoms with Gasteiger partial charge in [-0.3, -0.25) is 0 Å². The molecule has 0 aromatic rings. The van der Waals surface area contributed by atoms with Gasteiger partial charge in [-0.25, -0.2) is 0 Å². The molecule has 0 aliphatic heterocycles. The molecule has 0 heterocycles. The number of hydrogen-bond donors (Lipinski definition) is 0. The maximum Gasteiger partial charge on any atom is -0.0195 e. The zero-order valence-corrected chi connectivity index (χ0v) is 8.14. The molecule has 0 bridgehead atoms. The lowest BCUT2D eigenvalue weighted by Crippen LogP contribution is -2.12. The summed E-state index contributed by atoms with van der Waals surface area (Å²) in [5.74, 6) is 1.53. The molecule has 2 atom stereocenters. The molecule has 0 nitrogen and oxygen atoms in total. The number of hydrogen-bond acceptors (Lipinski definition) is 0. The highest BCUT2D eigenvalue weighted by Crippen LogP contribution is 2.36. The van der Waals surface area contributed by atoms with Gasteiger partial charge in [-0.2, -0.15) is 0 Å². The van der Waals surface area contributed by atoms with Gasteiger partial charge in [0.15, 0.2) is 0 Å². The van der Waals surface area contributed by atoms with Crippen LogP contribution in [0.4, 0.5) is 0 Å². The van der Waals surface area contributed by atoms with Gasteiger partial charge in [-0.15, -0.1) is 0 Å². The molecule has 0 aromatic carbocycles. The third-order valence-corrected chi connectivity index (χ3v) is 3.31. The summed E-state index contributed by atoms with van der Waals surface area (Å²) in [6.07, 6.45) is 10.5. The van der Waals surface area contributed by atoms with E-state index in [1.54, 1.807) is 11.1 Å². The summed E-state index contributed by atoms with van der Waals surface area (Å²) in [5.41, 5.74) is 3.32. The van der Waals surface area contributed by atoms with Gasteiger partial charge in [0, 0.05) is 0 Å². The lowest BCUT2D eigenvalue weighted by atomic mass is 9.78. The first kappa shape index (κ1) is 8.10. The standard InChI is InChI=1S/C12H18/c1-9-7-11-5-3-4-6-12(11)8-10(9)2/h7-10H,3-6H2,1-2H3. The lowest BCUT2D eigenvalue weighted by Gasteiger charge is -2.27. The molecule has 1 fully saturated rings. The van der Waals surface area contributed by atoms with E-state index in [9.17, 15) is 0 Å². The third-order valence-electron chi connectivity index (χ3n) is 3.31. The van der Waals surface area contributed by atoms with Crippen molar-refractivity contribution in [3.05, 3.63) is 23.3 Å². The van der Waals surface area contributed by atoms with Crippen molar-refractivity contribution < 1.29 is 0 Å². The van der Waals surface area contributed by atoms with Crippen molar-refractivity contribution >= 4 is 0 Å². The fourth-order valence-corrected chi connectivity index (χ4v) is 2.27. The van der Waals surface area contributed by atoms with E-state index in [1.165, 1.54) is 25.7 Å². The molecule has 0 radical (unpaired) electrons. The van der Waals surface area contributed by atoms with Crippen LogP contribution in [0.1, 0.15) is 39.5 Å². The Kier molecular flexibility index (Phi) is 2.08. The van der Waals surface area contributed by atoms with E-state index in [2.05, 4.69) is 26.0 Å². The van der Waals surface area contributed by atoms with Gasteiger partial charge in [-0.1, -0.05) is 26.0 Å². The first-order valence-corrected chi connectivity index (χ1v) is 5.19. The van der Waals surface area contributed by atoms with Crippen LogP contribution in [0.25, 0.3) is 0 Å². The van der Waals surface area contributed by atoms with Crippen molar-refractivity contribution in [3.8, 4) is 0 Å². The van der Waals surface area contributed by atoms with Crippen LogP contribution in [0.15, 0.2) is 23.3 Å². The van der Waals surface area contributed by atoms with Gasteiger partial charge in [0.05, 0.1) is 0 Å². The van der Waals surface area contributed by atoms with Crippen molar-refractivity contribution in [1.29, 1.82) is 0 Å². The maximum absolute atomic E-state index is 2.50. The topological polar surface area (TPSA) is 0 Å². The van der Waals surface area contributed by atoms with Crippen molar-refractivity contribution in [1.82, 2.24) is 0 Å². The highest BCUT2D eigenvalue weighted by atomic mass is 14.2. The van der Waals surface area contributed by atoms with Crippen molar-refractivity contribution in [3.63, 3.8) is 0 Å². The Labute approximate surface area is 75.4 Å². The number of rotatable bonds is 0. The zero-order chi connectivity index (χ0) is 8.55. The molecule has 2 rings (SSSR count). The molecule has 0 amide bonds. The van der Waals surface area contributed by atoms with Gasteiger partial charge in [0.25, 0.3) is 0 Å². The van der Waals surface area contributed by atoms with E-state index in [-0.39, 0.29) is 0 Å². The van der Waals surface area contributed by atoms with E-state index in [0.29, 0.717) is 0 Å². The Hall–Kier alpha value is -0.520. The minimum absolute atomic E-state index is 0.766. The van der Waals surface area contributed by atoms with E-state index >= 15 is 0 Å². The van der Waals surface area contributed by atoms with E-state index in [1.807, 2.05) is 0 Å². The summed E-state index contributed by atoms with van der Waals surface area (Å²) in [7, 11) is 0. The molecule has 1 saturated carbocycles. The van der Waals surface area contributed by atoms with E-state index in [4.69, 9.17) is 0 Å². The van der Waals surface area contributed by atoms with Gasteiger partial charge < -0.3 is 0 Å². The first-order chi connectivity index (χ1) is 5.77. The molecule has 0 spiro atoms. The second-order valence-electron chi connectivity index (χ2n) is 4.31. The lowest BCUT2D eigenvalue weighted by molar-refractivity contribution is 0.523. The summed E-state index contributed by atoms with van der Waals surface area (Å²) in [6, 6.07) is 0. The van der Waals surface area contributed by atoms with Crippen LogP contribution in [0.3, 0.4) is 0 Å². The summed E-state index contributed by atoms with van der Waals surface area (Å²) in [6.45, 7) is 4.67. The van der Waals surface area contributed by atoms with Gasteiger partial charge in [-0.05, 0) is 48.7 Å². The molecule has 0 N–H and O–H groups in total. The summed E-state index contributed by atoms with van der Waals surface area (Å²) < 4.78 is 0. The normalized spacial score (nSPS) is 35.2. The number of fused-ring (bicyclic) bond motifs is 1. The van der Waals surface area contributed by atoms with Crippen molar-refractivity contribution in [2.24, 2.45) is 11.8 Å². The van der Waals surface area contributed by atoms with Gasteiger partial charge >= 0.3 is 0 Å². The van der Waals surface area contributed by atoms with E-state index in [0.717, 1.165) is 11.8 Å². The Balaban J connectivity index is 2.23. The van der Waals surface area contributed by atoms with Crippen LogP contribution >= 0.6 is 0 Å². The highest BCUT2D eigenvalue weighted by molar-refractivity contribution is 5.36. The zero-order valence-electron chi connectivity index (χ0n) is 8.14. The molecule has 66 valence electrons. The predicted octanol–water partition coefficient (Wildman–Crippen LogP) is 3.70. The molecular formula is C12H18. The Morgan fingerprint density at radius 3 is 1.75 bits per heavy atom.